The van der Waals surface area contributed by atoms with Gasteiger partial charge in [-0.15, -0.1) is 0 Å². The summed E-state index contributed by atoms with van der Waals surface area (Å²) in [5.41, 5.74) is 5.42. The van der Waals surface area contributed by atoms with Gasteiger partial charge < -0.3 is 10.5 Å². The van der Waals surface area contributed by atoms with Crippen LogP contribution in [-0.4, -0.2) is 37.7 Å². The van der Waals surface area contributed by atoms with Crippen molar-refractivity contribution < 1.29 is 10.5 Å². The molecule has 3 nitrogen and oxygen atoms in total. The minimum Gasteiger partial charge on any atom is -0.379 e. The van der Waals surface area contributed by atoms with Gasteiger partial charge in [-0.1, -0.05) is 30.3 Å². The number of quaternary nitrogens is 1. The number of nitrogens with zero attached hydrogens (tertiary/aromatic N) is 1. The first-order valence-electron chi connectivity index (χ1n) is 5.58. The van der Waals surface area contributed by atoms with Crippen LogP contribution in [0.2, 0.25) is 0 Å². The van der Waals surface area contributed by atoms with Crippen molar-refractivity contribution in [2.24, 2.45) is 0 Å². The van der Waals surface area contributed by atoms with Gasteiger partial charge in [0.15, 0.2) is 0 Å². The Morgan fingerprint density at radius 3 is 2.47 bits per heavy atom. The van der Waals surface area contributed by atoms with Crippen LogP contribution in [0.3, 0.4) is 0 Å². The lowest BCUT2D eigenvalue weighted by atomic mass is 10.1. The molecule has 0 unspecified atom stereocenters. The quantitative estimate of drug-likeness (QED) is 0.774. The van der Waals surface area contributed by atoms with Gasteiger partial charge in [0.1, 0.15) is 0 Å². The van der Waals surface area contributed by atoms with Gasteiger partial charge in [-0.05, 0) is 5.56 Å². The second kappa shape index (κ2) is 5.26. The van der Waals surface area contributed by atoms with E-state index in [1.54, 1.807) is 0 Å². The summed E-state index contributed by atoms with van der Waals surface area (Å²) in [7, 11) is 0. The molecule has 0 bridgehead atoms. The maximum Gasteiger partial charge on any atom is 0.0940 e. The zero-order chi connectivity index (χ0) is 10.5. The number of rotatable bonds is 3. The van der Waals surface area contributed by atoms with Crippen LogP contribution in [0.5, 0.6) is 0 Å². The highest BCUT2D eigenvalue weighted by Gasteiger charge is 2.22. The Hall–Kier alpha value is -0.900. The summed E-state index contributed by atoms with van der Waals surface area (Å²) < 4.78 is 5.37. The molecule has 1 atom stereocenters. The van der Waals surface area contributed by atoms with E-state index in [-0.39, 0.29) is 0 Å². The van der Waals surface area contributed by atoms with E-state index < -0.39 is 0 Å². The summed E-state index contributed by atoms with van der Waals surface area (Å²) in [6, 6.07) is 11.1. The fourth-order valence-electron chi connectivity index (χ4n) is 2.12. The van der Waals surface area contributed by atoms with Crippen molar-refractivity contribution in [2.75, 3.05) is 32.8 Å². The van der Waals surface area contributed by atoms with Gasteiger partial charge in [0, 0.05) is 13.1 Å². The van der Waals surface area contributed by atoms with Crippen LogP contribution < -0.4 is 5.73 Å². The van der Waals surface area contributed by atoms with Gasteiger partial charge in [0.05, 0.1) is 25.8 Å². The first-order valence-corrected chi connectivity index (χ1v) is 5.58. The van der Waals surface area contributed by atoms with Crippen LogP contribution in [0.1, 0.15) is 11.6 Å². The Labute approximate surface area is 90.8 Å². The van der Waals surface area contributed by atoms with Crippen molar-refractivity contribution in [1.29, 1.82) is 0 Å². The molecule has 1 aliphatic heterocycles. The summed E-state index contributed by atoms with van der Waals surface area (Å²) in [6.45, 7) is 4.67. The predicted octanol–water partition coefficient (Wildman–Crippen LogP) is 0.302. The smallest absolute Gasteiger partial charge is 0.0940 e. The van der Waals surface area contributed by atoms with Gasteiger partial charge in [-0.2, -0.15) is 0 Å². The number of hydrogen-bond donors (Lipinski definition) is 1. The van der Waals surface area contributed by atoms with E-state index in [1.807, 2.05) is 0 Å². The molecule has 0 aromatic heterocycles. The lowest BCUT2D eigenvalue weighted by molar-refractivity contribution is -0.380. The third kappa shape index (κ3) is 2.56. The molecule has 0 aliphatic carbocycles. The Morgan fingerprint density at radius 1 is 1.20 bits per heavy atom. The molecule has 0 amide bonds. The van der Waals surface area contributed by atoms with E-state index in [9.17, 15) is 0 Å². The monoisotopic (exact) mass is 207 g/mol. The maximum absolute atomic E-state index is 5.37. The van der Waals surface area contributed by atoms with E-state index in [1.165, 1.54) is 5.56 Å². The lowest BCUT2D eigenvalue weighted by Crippen LogP contribution is -2.57. The lowest BCUT2D eigenvalue weighted by Gasteiger charge is -2.32. The van der Waals surface area contributed by atoms with Crippen LogP contribution in [-0.2, 0) is 4.74 Å². The van der Waals surface area contributed by atoms with Crippen molar-refractivity contribution in [3.63, 3.8) is 0 Å². The van der Waals surface area contributed by atoms with Crippen molar-refractivity contribution in [1.82, 2.24) is 4.90 Å². The molecule has 1 saturated heterocycles. The molecule has 0 spiro atoms. The summed E-state index contributed by atoms with van der Waals surface area (Å²) in [5, 5.41) is 0. The molecule has 3 heteroatoms. The van der Waals surface area contributed by atoms with Gasteiger partial charge in [-0.3, -0.25) is 4.90 Å². The molecule has 1 fully saturated rings. The highest BCUT2D eigenvalue weighted by Crippen LogP contribution is 2.19. The van der Waals surface area contributed by atoms with Crippen LogP contribution in [0.15, 0.2) is 30.3 Å². The third-order valence-corrected chi connectivity index (χ3v) is 2.94. The highest BCUT2D eigenvalue weighted by molar-refractivity contribution is 5.19. The zero-order valence-corrected chi connectivity index (χ0v) is 9.06. The number of ether oxygens (including phenoxy) is 1. The van der Waals surface area contributed by atoms with Crippen LogP contribution in [0.4, 0.5) is 0 Å². The predicted molar refractivity (Wildman–Crippen MR) is 59.3 cm³/mol. The SMILES string of the molecule is [NH3+]C[C@H](c1ccccc1)N1CCOCC1. The topological polar surface area (TPSA) is 40.1 Å². The van der Waals surface area contributed by atoms with Crippen molar-refractivity contribution in [3.05, 3.63) is 35.9 Å². The van der Waals surface area contributed by atoms with E-state index in [0.29, 0.717) is 6.04 Å². The molecule has 1 aliphatic rings. The van der Waals surface area contributed by atoms with E-state index in [0.717, 1.165) is 32.8 Å². The van der Waals surface area contributed by atoms with Gasteiger partial charge in [0.2, 0.25) is 0 Å². The Kier molecular flexibility index (Phi) is 3.72. The van der Waals surface area contributed by atoms with Crippen LogP contribution >= 0.6 is 0 Å². The van der Waals surface area contributed by atoms with Crippen molar-refractivity contribution in [3.8, 4) is 0 Å². The third-order valence-electron chi connectivity index (χ3n) is 2.94. The van der Waals surface area contributed by atoms with Gasteiger partial charge in [-0.25, -0.2) is 0 Å². The largest absolute Gasteiger partial charge is 0.379 e. The van der Waals surface area contributed by atoms with Crippen LogP contribution in [0.25, 0.3) is 0 Å². The zero-order valence-electron chi connectivity index (χ0n) is 9.06. The molecule has 0 saturated carbocycles. The van der Waals surface area contributed by atoms with Crippen molar-refractivity contribution >= 4 is 0 Å². The number of morpholine rings is 1. The van der Waals surface area contributed by atoms with E-state index in [2.05, 4.69) is 41.0 Å². The minimum atomic E-state index is 0.454. The highest BCUT2D eigenvalue weighted by atomic mass is 16.5. The molecule has 1 heterocycles. The Balaban J connectivity index is 2.09. The van der Waals surface area contributed by atoms with Crippen LogP contribution in [0, 0.1) is 0 Å². The first kappa shape index (κ1) is 10.6. The Bertz CT molecular complexity index is 283. The summed E-state index contributed by atoms with van der Waals surface area (Å²) in [4.78, 5) is 2.46. The molecule has 3 N–H and O–H groups in total. The maximum atomic E-state index is 5.37. The second-order valence-electron chi connectivity index (χ2n) is 3.86. The summed E-state index contributed by atoms with van der Waals surface area (Å²) in [5.74, 6) is 0. The van der Waals surface area contributed by atoms with Crippen molar-refractivity contribution in [2.45, 2.75) is 6.04 Å². The first-order chi connectivity index (χ1) is 7.42. The van der Waals surface area contributed by atoms with Gasteiger partial charge >= 0.3 is 0 Å². The molecular formula is C12H19N2O+. The molecule has 2 rings (SSSR count). The molecule has 1 aromatic rings. The fraction of sp³-hybridized carbons (Fsp3) is 0.500. The molecule has 0 radical (unpaired) electrons. The fourth-order valence-corrected chi connectivity index (χ4v) is 2.12. The number of benzene rings is 1. The summed E-state index contributed by atoms with van der Waals surface area (Å²) in [6.07, 6.45) is 0. The number of hydrogen-bond acceptors (Lipinski definition) is 2. The van der Waals surface area contributed by atoms with E-state index >= 15 is 0 Å². The minimum absolute atomic E-state index is 0.454. The molecule has 1 aromatic carbocycles. The standard InChI is InChI=1S/C12H18N2O/c13-10-12(11-4-2-1-3-5-11)14-6-8-15-9-7-14/h1-5,12H,6-10,13H2/p+1/t12-/m1/s1. The molecular weight excluding hydrogens is 188 g/mol. The normalized spacial score (nSPS) is 20.1. The second-order valence-corrected chi connectivity index (χ2v) is 3.86. The average Bonchev–Trinajstić information content (AvgIpc) is 2.33. The summed E-state index contributed by atoms with van der Waals surface area (Å²) >= 11 is 0. The van der Waals surface area contributed by atoms with E-state index in [4.69, 9.17) is 4.74 Å². The average molecular weight is 207 g/mol. The van der Waals surface area contributed by atoms with Gasteiger partial charge in [0.25, 0.3) is 0 Å². The Morgan fingerprint density at radius 2 is 1.87 bits per heavy atom. The molecule has 82 valence electrons. The molecule has 15 heavy (non-hydrogen) atoms.